The van der Waals surface area contributed by atoms with Gasteiger partial charge in [-0.2, -0.15) is 0 Å². The molecule has 1 heterocycles. The molecular weight excluding hydrogens is 227 g/mol. The third-order valence-electron chi connectivity index (χ3n) is 3.80. The summed E-state index contributed by atoms with van der Waals surface area (Å²) in [7, 11) is 0. The molecule has 0 saturated carbocycles. The molecule has 0 aromatic heterocycles. The average molecular weight is 250 g/mol. The fourth-order valence-electron chi connectivity index (χ4n) is 2.73. The van der Waals surface area contributed by atoms with Gasteiger partial charge in [0.1, 0.15) is 5.82 Å². The van der Waals surface area contributed by atoms with Crippen molar-refractivity contribution in [3.8, 4) is 0 Å². The number of nitrogens with zero attached hydrogens (tertiary/aromatic N) is 1. The van der Waals surface area contributed by atoms with Crippen molar-refractivity contribution in [2.75, 3.05) is 18.0 Å². The topological polar surface area (TPSA) is 29.3 Å². The van der Waals surface area contributed by atoms with Gasteiger partial charge in [-0.1, -0.05) is 6.92 Å². The predicted molar refractivity (Wildman–Crippen MR) is 74.4 cm³/mol. The molecule has 2 N–H and O–H groups in total. The van der Waals surface area contributed by atoms with Gasteiger partial charge in [-0.3, -0.25) is 0 Å². The second-order valence-electron chi connectivity index (χ2n) is 5.64. The van der Waals surface area contributed by atoms with Gasteiger partial charge in [-0.05, 0) is 55.9 Å². The Kier molecular flexibility index (Phi) is 3.91. The van der Waals surface area contributed by atoms with Gasteiger partial charge in [0.2, 0.25) is 0 Å². The minimum Gasteiger partial charge on any atom is -0.371 e. The molecule has 1 saturated heterocycles. The summed E-state index contributed by atoms with van der Waals surface area (Å²) in [5, 5.41) is 0. The molecule has 2 nitrogen and oxygen atoms in total. The summed E-state index contributed by atoms with van der Waals surface area (Å²) < 4.78 is 13.7. The van der Waals surface area contributed by atoms with Crippen LogP contribution in [-0.2, 0) is 0 Å². The van der Waals surface area contributed by atoms with Crippen LogP contribution in [-0.4, -0.2) is 13.1 Å². The van der Waals surface area contributed by atoms with E-state index in [0.717, 1.165) is 24.3 Å². The maximum atomic E-state index is 13.7. The summed E-state index contributed by atoms with van der Waals surface area (Å²) in [6.45, 7) is 8.10. The fraction of sp³-hybridized carbons (Fsp3) is 0.600. The molecule has 0 aliphatic carbocycles. The highest BCUT2D eigenvalue weighted by molar-refractivity contribution is 5.57. The zero-order chi connectivity index (χ0) is 13.3. The Morgan fingerprint density at radius 3 is 2.78 bits per heavy atom. The smallest absolute Gasteiger partial charge is 0.126 e. The average Bonchev–Trinajstić information content (AvgIpc) is 2.31. The van der Waals surface area contributed by atoms with Crippen molar-refractivity contribution in [2.45, 2.75) is 39.7 Å². The lowest BCUT2D eigenvalue weighted by Gasteiger charge is -2.35. The Morgan fingerprint density at radius 2 is 2.17 bits per heavy atom. The Morgan fingerprint density at radius 1 is 1.44 bits per heavy atom. The number of halogens is 1. The van der Waals surface area contributed by atoms with Gasteiger partial charge in [-0.15, -0.1) is 0 Å². The maximum Gasteiger partial charge on any atom is 0.126 e. The SMILES string of the molecule is Cc1cc(N2CCCC(C)C2)c([C@H](C)N)cc1F. The van der Waals surface area contributed by atoms with Crippen LogP contribution in [0.3, 0.4) is 0 Å². The van der Waals surface area contributed by atoms with Crippen molar-refractivity contribution >= 4 is 5.69 Å². The van der Waals surface area contributed by atoms with E-state index < -0.39 is 0 Å². The predicted octanol–water partition coefficient (Wildman–Crippen LogP) is 3.39. The monoisotopic (exact) mass is 250 g/mol. The molecule has 0 bridgehead atoms. The number of aryl methyl sites for hydroxylation is 1. The van der Waals surface area contributed by atoms with E-state index in [2.05, 4.69) is 11.8 Å². The Hall–Kier alpha value is -1.09. The zero-order valence-electron chi connectivity index (χ0n) is 11.5. The van der Waals surface area contributed by atoms with Crippen LogP contribution in [0.25, 0.3) is 0 Å². The number of hydrogen-bond acceptors (Lipinski definition) is 2. The molecule has 2 rings (SSSR count). The maximum absolute atomic E-state index is 13.7. The second-order valence-corrected chi connectivity index (χ2v) is 5.64. The van der Waals surface area contributed by atoms with Gasteiger partial charge in [0.15, 0.2) is 0 Å². The van der Waals surface area contributed by atoms with Gasteiger partial charge >= 0.3 is 0 Å². The molecule has 0 radical (unpaired) electrons. The highest BCUT2D eigenvalue weighted by Gasteiger charge is 2.21. The summed E-state index contributed by atoms with van der Waals surface area (Å²) >= 11 is 0. The molecule has 1 aromatic rings. The standard InChI is InChI=1S/C15H23FN2/c1-10-5-4-6-18(9-10)15-7-11(2)14(16)8-13(15)12(3)17/h7-8,10,12H,4-6,9,17H2,1-3H3/t10?,12-/m0/s1. The van der Waals surface area contributed by atoms with Crippen molar-refractivity contribution in [3.63, 3.8) is 0 Å². The first-order chi connectivity index (χ1) is 8.49. The molecule has 0 spiro atoms. The summed E-state index contributed by atoms with van der Waals surface area (Å²) in [5.41, 5.74) is 8.73. The number of piperidine rings is 1. The molecule has 1 fully saturated rings. The molecule has 1 unspecified atom stereocenters. The Balaban J connectivity index is 2.38. The normalized spacial score (nSPS) is 22.1. The third-order valence-corrected chi connectivity index (χ3v) is 3.80. The first-order valence-corrected chi connectivity index (χ1v) is 6.79. The number of benzene rings is 1. The van der Waals surface area contributed by atoms with Crippen LogP contribution < -0.4 is 10.6 Å². The van der Waals surface area contributed by atoms with Crippen LogP contribution in [0.5, 0.6) is 0 Å². The van der Waals surface area contributed by atoms with Crippen molar-refractivity contribution < 1.29 is 4.39 Å². The van der Waals surface area contributed by atoms with E-state index in [1.165, 1.54) is 12.8 Å². The number of nitrogens with two attached hydrogens (primary N) is 1. The number of anilines is 1. The molecule has 100 valence electrons. The molecule has 1 aliphatic heterocycles. The Labute approximate surface area is 109 Å². The summed E-state index contributed by atoms with van der Waals surface area (Å²) in [6, 6.07) is 3.42. The number of rotatable bonds is 2. The highest BCUT2D eigenvalue weighted by Crippen LogP contribution is 2.31. The van der Waals surface area contributed by atoms with Crippen LogP contribution in [0.2, 0.25) is 0 Å². The third kappa shape index (κ3) is 2.66. The molecular formula is C15H23FN2. The second kappa shape index (κ2) is 5.27. The lowest BCUT2D eigenvalue weighted by molar-refractivity contribution is 0.445. The van der Waals surface area contributed by atoms with E-state index in [0.29, 0.717) is 11.5 Å². The fourth-order valence-corrected chi connectivity index (χ4v) is 2.73. The largest absolute Gasteiger partial charge is 0.371 e. The summed E-state index contributed by atoms with van der Waals surface area (Å²) in [6.07, 6.45) is 2.49. The van der Waals surface area contributed by atoms with Crippen molar-refractivity contribution in [1.82, 2.24) is 0 Å². The van der Waals surface area contributed by atoms with Crippen LogP contribution in [0, 0.1) is 18.7 Å². The van der Waals surface area contributed by atoms with E-state index in [1.54, 1.807) is 6.07 Å². The van der Waals surface area contributed by atoms with E-state index >= 15 is 0 Å². The van der Waals surface area contributed by atoms with Crippen molar-refractivity contribution in [3.05, 3.63) is 29.1 Å². The molecule has 18 heavy (non-hydrogen) atoms. The molecule has 1 aromatic carbocycles. The summed E-state index contributed by atoms with van der Waals surface area (Å²) in [5.74, 6) is 0.543. The van der Waals surface area contributed by atoms with Gasteiger partial charge in [0.25, 0.3) is 0 Å². The first kappa shape index (κ1) is 13.3. The van der Waals surface area contributed by atoms with Gasteiger partial charge in [-0.25, -0.2) is 4.39 Å². The van der Waals surface area contributed by atoms with E-state index in [1.807, 2.05) is 19.9 Å². The quantitative estimate of drug-likeness (QED) is 0.871. The summed E-state index contributed by atoms with van der Waals surface area (Å²) in [4.78, 5) is 2.36. The van der Waals surface area contributed by atoms with E-state index in [9.17, 15) is 4.39 Å². The van der Waals surface area contributed by atoms with Crippen LogP contribution in [0.4, 0.5) is 10.1 Å². The van der Waals surface area contributed by atoms with E-state index in [4.69, 9.17) is 5.73 Å². The van der Waals surface area contributed by atoms with Crippen molar-refractivity contribution in [2.24, 2.45) is 11.7 Å². The van der Waals surface area contributed by atoms with Gasteiger partial charge < -0.3 is 10.6 Å². The van der Waals surface area contributed by atoms with E-state index in [-0.39, 0.29) is 11.9 Å². The zero-order valence-corrected chi connectivity index (χ0v) is 11.5. The van der Waals surface area contributed by atoms with Crippen LogP contribution >= 0.6 is 0 Å². The van der Waals surface area contributed by atoms with Gasteiger partial charge in [0.05, 0.1) is 0 Å². The minimum atomic E-state index is -0.156. The lowest BCUT2D eigenvalue weighted by Crippen LogP contribution is -2.35. The van der Waals surface area contributed by atoms with Crippen LogP contribution in [0.1, 0.15) is 43.9 Å². The number of hydrogen-bond donors (Lipinski definition) is 1. The molecule has 0 amide bonds. The minimum absolute atomic E-state index is 0.132. The Bertz CT molecular complexity index is 429. The first-order valence-electron chi connectivity index (χ1n) is 6.79. The molecule has 2 atom stereocenters. The van der Waals surface area contributed by atoms with Crippen LogP contribution in [0.15, 0.2) is 12.1 Å². The lowest BCUT2D eigenvalue weighted by atomic mass is 9.96. The van der Waals surface area contributed by atoms with Gasteiger partial charge in [0, 0.05) is 24.8 Å². The highest BCUT2D eigenvalue weighted by atomic mass is 19.1. The van der Waals surface area contributed by atoms with Crippen molar-refractivity contribution in [1.29, 1.82) is 0 Å². The molecule has 1 aliphatic rings. The molecule has 3 heteroatoms.